The molecule has 2 fully saturated rings. The quantitative estimate of drug-likeness (QED) is 0.564. The highest BCUT2D eigenvalue weighted by molar-refractivity contribution is 9.10. The average molecular weight is 498 g/mol. The van der Waals surface area contributed by atoms with Gasteiger partial charge in [0.05, 0.1) is 11.8 Å². The van der Waals surface area contributed by atoms with E-state index in [1.54, 1.807) is 24.3 Å². The standard InChI is InChI=1S/C24H24BrN3O4/c1-3-12(2)28-21(30)19-18(10-13-4-7-15(29)8-5-13)27-24(20(19)22(28)31)16-11-14(25)6-9-17(16)26-23(24)32/h4-9,11-12,18-20,27,29H,3,10H2,1-2H3,(H,26,32)/t12-,18+,19+,20-,24+/m0/s1. The number of carbonyl (C=O) groups excluding carboxylic acids is 3. The average Bonchev–Trinajstić information content (AvgIpc) is 3.34. The first-order valence-corrected chi connectivity index (χ1v) is 11.6. The lowest BCUT2D eigenvalue weighted by molar-refractivity contribution is -0.145. The fourth-order valence-corrected chi connectivity index (χ4v) is 5.84. The number of amides is 3. The van der Waals surface area contributed by atoms with Gasteiger partial charge in [-0.25, -0.2) is 0 Å². The SMILES string of the molecule is CC[C@H](C)N1C(=O)[C@H]2[C@@H](C1=O)[C@@]1(N[C@@H]2Cc2ccc(O)cc2)C(=O)Nc2ccc(Br)cc21. The lowest BCUT2D eigenvalue weighted by Gasteiger charge is -2.31. The minimum absolute atomic E-state index is 0.159. The van der Waals surface area contributed by atoms with E-state index >= 15 is 0 Å². The topological polar surface area (TPSA) is 98.7 Å². The Balaban J connectivity index is 1.64. The molecule has 0 unspecified atom stereocenters. The van der Waals surface area contributed by atoms with Gasteiger partial charge in [0, 0.05) is 27.8 Å². The first kappa shape index (κ1) is 21.2. The molecule has 7 nitrogen and oxygen atoms in total. The van der Waals surface area contributed by atoms with Gasteiger partial charge in [0.25, 0.3) is 0 Å². The van der Waals surface area contributed by atoms with E-state index < -0.39 is 23.4 Å². The van der Waals surface area contributed by atoms with E-state index in [0.29, 0.717) is 24.1 Å². The summed E-state index contributed by atoms with van der Waals surface area (Å²) >= 11 is 3.48. The molecule has 0 aromatic heterocycles. The van der Waals surface area contributed by atoms with E-state index in [9.17, 15) is 19.5 Å². The molecule has 3 N–H and O–H groups in total. The van der Waals surface area contributed by atoms with Crippen molar-refractivity contribution in [3.05, 3.63) is 58.1 Å². The van der Waals surface area contributed by atoms with Crippen LogP contribution in [0, 0.1) is 11.8 Å². The highest BCUT2D eigenvalue weighted by Crippen LogP contribution is 2.54. The van der Waals surface area contributed by atoms with Crippen LogP contribution in [-0.4, -0.2) is 39.8 Å². The normalized spacial score (nSPS) is 29.4. The third-order valence-corrected chi connectivity index (χ3v) is 7.63. The van der Waals surface area contributed by atoms with Crippen molar-refractivity contribution in [3.63, 3.8) is 0 Å². The van der Waals surface area contributed by atoms with E-state index in [-0.39, 0.29) is 29.5 Å². The molecular formula is C24H24BrN3O4. The van der Waals surface area contributed by atoms with Gasteiger partial charge in [-0.05, 0) is 55.7 Å². The minimum Gasteiger partial charge on any atom is -0.508 e. The predicted molar refractivity (Wildman–Crippen MR) is 122 cm³/mol. The van der Waals surface area contributed by atoms with Gasteiger partial charge < -0.3 is 10.4 Å². The second kappa shape index (κ2) is 7.42. The van der Waals surface area contributed by atoms with Crippen LogP contribution in [0.5, 0.6) is 5.75 Å². The van der Waals surface area contributed by atoms with Crippen molar-refractivity contribution in [2.24, 2.45) is 11.8 Å². The maximum absolute atomic E-state index is 13.7. The number of halogens is 1. The van der Waals surface area contributed by atoms with Crippen molar-refractivity contribution in [2.45, 2.75) is 44.3 Å². The molecule has 3 aliphatic heterocycles. The Hall–Kier alpha value is -2.71. The van der Waals surface area contributed by atoms with Gasteiger partial charge in [-0.3, -0.25) is 24.6 Å². The van der Waals surface area contributed by atoms with E-state index in [1.165, 1.54) is 4.90 Å². The van der Waals surface area contributed by atoms with E-state index in [4.69, 9.17) is 0 Å². The molecule has 3 heterocycles. The number of hydrogen-bond acceptors (Lipinski definition) is 5. The number of rotatable bonds is 4. The molecule has 2 saturated heterocycles. The number of phenols is 1. The van der Waals surface area contributed by atoms with Crippen molar-refractivity contribution in [1.29, 1.82) is 0 Å². The Morgan fingerprint density at radius 3 is 2.53 bits per heavy atom. The molecule has 3 amide bonds. The third kappa shape index (κ3) is 2.85. The van der Waals surface area contributed by atoms with Gasteiger partial charge in [0.2, 0.25) is 17.7 Å². The molecule has 5 atom stereocenters. The molecule has 2 aromatic rings. The fraction of sp³-hybridized carbons (Fsp3) is 0.375. The number of fused-ring (bicyclic) bond motifs is 4. The van der Waals surface area contributed by atoms with E-state index in [1.807, 2.05) is 32.0 Å². The van der Waals surface area contributed by atoms with Crippen molar-refractivity contribution < 1.29 is 19.5 Å². The second-order valence-electron chi connectivity index (χ2n) is 8.88. The summed E-state index contributed by atoms with van der Waals surface area (Å²) in [6.07, 6.45) is 1.10. The lowest BCUT2D eigenvalue weighted by Crippen LogP contribution is -2.54. The maximum Gasteiger partial charge on any atom is 0.250 e. The summed E-state index contributed by atoms with van der Waals surface area (Å²) in [6.45, 7) is 3.81. The lowest BCUT2D eigenvalue weighted by atomic mass is 9.76. The molecule has 0 saturated carbocycles. The van der Waals surface area contributed by atoms with Crippen LogP contribution in [0.4, 0.5) is 5.69 Å². The molecule has 0 aliphatic carbocycles. The van der Waals surface area contributed by atoms with Gasteiger partial charge in [-0.15, -0.1) is 0 Å². The van der Waals surface area contributed by atoms with Gasteiger partial charge in [-0.2, -0.15) is 0 Å². The zero-order chi connectivity index (χ0) is 22.8. The molecule has 32 heavy (non-hydrogen) atoms. The number of benzene rings is 2. The highest BCUT2D eigenvalue weighted by Gasteiger charge is 2.70. The van der Waals surface area contributed by atoms with Crippen LogP contribution in [0.2, 0.25) is 0 Å². The number of likely N-dealkylation sites (tertiary alicyclic amines) is 1. The molecule has 166 valence electrons. The Kier molecular flexibility index (Phi) is 4.90. The summed E-state index contributed by atoms with van der Waals surface area (Å²) in [4.78, 5) is 42.1. The number of nitrogens with zero attached hydrogens (tertiary/aromatic N) is 1. The summed E-state index contributed by atoms with van der Waals surface area (Å²) in [5, 5.41) is 16.0. The van der Waals surface area contributed by atoms with Gasteiger partial charge in [0.15, 0.2) is 0 Å². The van der Waals surface area contributed by atoms with Crippen LogP contribution >= 0.6 is 15.9 Å². The maximum atomic E-state index is 13.7. The number of aromatic hydroxyl groups is 1. The molecule has 0 radical (unpaired) electrons. The molecule has 0 bridgehead atoms. The largest absolute Gasteiger partial charge is 0.508 e. The minimum atomic E-state index is -1.31. The van der Waals surface area contributed by atoms with Gasteiger partial charge >= 0.3 is 0 Å². The molecular weight excluding hydrogens is 474 g/mol. The van der Waals surface area contributed by atoms with Gasteiger partial charge in [-0.1, -0.05) is 35.0 Å². The highest BCUT2D eigenvalue weighted by atomic mass is 79.9. The third-order valence-electron chi connectivity index (χ3n) is 7.13. The van der Waals surface area contributed by atoms with E-state index in [2.05, 4.69) is 26.6 Å². The van der Waals surface area contributed by atoms with Crippen molar-refractivity contribution in [1.82, 2.24) is 10.2 Å². The summed E-state index contributed by atoms with van der Waals surface area (Å²) < 4.78 is 0.794. The van der Waals surface area contributed by atoms with Crippen LogP contribution in [0.3, 0.4) is 0 Å². The molecule has 3 aliphatic rings. The molecule has 8 heteroatoms. The first-order chi connectivity index (χ1) is 15.3. The second-order valence-corrected chi connectivity index (χ2v) is 9.80. The van der Waals surface area contributed by atoms with Crippen molar-refractivity contribution in [2.75, 3.05) is 5.32 Å². The molecule has 5 rings (SSSR count). The van der Waals surface area contributed by atoms with Crippen LogP contribution in [-0.2, 0) is 26.3 Å². The Labute approximate surface area is 194 Å². The van der Waals surface area contributed by atoms with Crippen molar-refractivity contribution in [3.8, 4) is 5.75 Å². The van der Waals surface area contributed by atoms with Gasteiger partial charge in [0.1, 0.15) is 11.3 Å². The number of hydrogen-bond donors (Lipinski definition) is 3. The monoisotopic (exact) mass is 497 g/mol. The zero-order valence-corrected chi connectivity index (χ0v) is 19.3. The van der Waals surface area contributed by atoms with Crippen LogP contribution < -0.4 is 10.6 Å². The molecule has 1 spiro atoms. The van der Waals surface area contributed by atoms with Crippen LogP contribution in [0.15, 0.2) is 46.9 Å². The number of carbonyl (C=O) groups is 3. The number of anilines is 1. The summed E-state index contributed by atoms with van der Waals surface area (Å²) in [5.74, 6) is -2.13. The van der Waals surface area contributed by atoms with Crippen LogP contribution in [0.25, 0.3) is 0 Å². The Bertz CT molecular complexity index is 1130. The number of phenolic OH excluding ortho intramolecular Hbond substituents is 1. The Morgan fingerprint density at radius 2 is 1.84 bits per heavy atom. The smallest absolute Gasteiger partial charge is 0.250 e. The summed E-state index contributed by atoms with van der Waals surface area (Å²) in [7, 11) is 0. The predicted octanol–water partition coefficient (Wildman–Crippen LogP) is 2.92. The van der Waals surface area contributed by atoms with Crippen LogP contribution in [0.1, 0.15) is 31.4 Å². The first-order valence-electron chi connectivity index (χ1n) is 10.8. The zero-order valence-electron chi connectivity index (χ0n) is 17.8. The number of nitrogens with one attached hydrogen (secondary N) is 2. The van der Waals surface area contributed by atoms with Crippen molar-refractivity contribution >= 4 is 39.3 Å². The number of imide groups is 1. The summed E-state index contributed by atoms with van der Waals surface area (Å²) in [6, 6.07) is 11.6. The molecule has 2 aromatic carbocycles. The Morgan fingerprint density at radius 1 is 1.12 bits per heavy atom. The van der Waals surface area contributed by atoms with E-state index in [0.717, 1.165) is 10.0 Å². The fourth-order valence-electron chi connectivity index (χ4n) is 5.47. The summed E-state index contributed by atoms with van der Waals surface area (Å²) in [5.41, 5.74) is 0.941.